The van der Waals surface area contributed by atoms with Gasteiger partial charge in [-0.3, -0.25) is 0 Å². The van der Waals surface area contributed by atoms with Gasteiger partial charge in [0.15, 0.2) is 0 Å². The lowest BCUT2D eigenvalue weighted by Crippen LogP contribution is -2.29. The van der Waals surface area contributed by atoms with Crippen molar-refractivity contribution in [2.45, 2.75) is 0 Å². The normalized spacial score (nSPS) is 9.50. The van der Waals surface area contributed by atoms with Crippen LogP contribution in [0.3, 0.4) is 0 Å². The van der Waals surface area contributed by atoms with Gasteiger partial charge in [-0.15, -0.1) is 0 Å². The molecule has 8 heavy (non-hydrogen) atoms. The zero-order valence-electron chi connectivity index (χ0n) is 4.29. The quantitative estimate of drug-likeness (QED) is 0.434. The molecule has 0 aromatic heterocycles. The van der Waals surface area contributed by atoms with Crippen molar-refractivity contribution in [3.63, 3.8) is 0 Å². The van der Waals surface area contributed by atoms with Gasteiger partial charge in [0, 0.05) is 6.54 Å². The minimum atomic E-state index is -0.594. The number of hydrogen-bond donors (Lipinski definition) is 3. The molecule has 0 aliphatic rings. The maximum atomic E-state index is 9.87. The first-order valence-corrected chi connectivity index (χ1v) is 2.10. The van der Waals surface area contributed by atoms with Crippen LogP contribution >= 0.6 is 0 Å². The van der Waals surface area contributed by atoms with Crippen LogP contribution in [0.1, 0.15) is 0 Å². The molecule has 0 fully saturated rings. The van der Waals surface area contributed by atoms with Gasteiger partial charge in [0.2, 0.25) is 0 Å². The number of rotatable bonds is 2. The molecule has 4 heteroatoms. The zero-order chi connectivity index (χ0) is 6.41. The number of nitrogens with two attached hydrogens (primary N) is 1. The van der Waals surface area contributed by atoms with E-state index in [1.165, 1.54) is 6.08 Å². The Morgan fingerprint density at radius 3 is 2.88 bits per heavy atom. The van der Waals surface area contributed by atoms with Gasteiger partial charge in [-0.2, -0.15) is 0 Å². The van der Waals surface area contributed by atoms with Crippen molar-refractivity contribution in [3.8, 4) is 0 Å². The van der Waals surface area contributed by atoms with Gasteiger partial charge in [-0.05, 0) is 6.08 Å². The van der Waals surface area contributed by atoms with E-state index < -0.39 is 6.03 Å². The van der Waals surface area contributed by atoms with Crippen LogP contribution in [0, 0.1) is 0 Å². The van der Waals surface area contributed by atoms with Gasteiger partial charge in [0.05, 0.1) is 6.26 Å². The third-order valence-electron chi connectivity index (χ3n) is 0.500. The van der Waals surface area contributed by atoms with E-state index in [0.717, 1.165) is 6.26 Å². The fourth-order valence-electron chi connectivity index (χ4n) is 0.212. The summed E-state index contributed by atoms with van der Waals surface area (Å²) in [4.78, 5) is 9.87. The number of nitrogens with one attached hydrogen (secondary N) is 1. The van der Waals surface area contributed by atoms with Crippen LogP contribution in [0.15, 0.2) is 12.3 Å². The Hall–Kier alpha value is -1.19. The highest BCUT2D eigenvalue weighted by Gasteiger charge is 1.82. The van der Waals surface area contributed by atoms with Crippen molar-refractivity contribution >= 4 is 6.03 Å². The average Bonchev–Trinajstić information content (AvgIpc) is 1.66. The lowest BCUT2D eigenvalue weighted by atomic mass is 10.6. The van der Waals surface area contributed by atoms with E-state index in [2.05, 4.69) is 11.1 Å². The van der Waals surface area contributed by atoms with Gasteiger partial charge in [0.25, 0.3) is 0 Å². The Bertz CT molecular complexity index is 100. The second-order valence-electron chi connectivity index (χ2n) is 1.13. The van der Waals surface area contributed by atoms with Crippen LogP contribution in [0.2, 0.25) is 0 Å². The van der Waals surface area contributed by atoms with Crippen molar-refractivity contribution in [2.24, 2.45) is 5.73 Å². The molecule has 0 aliphatic carbocycles. The lowest BCUT2D eigenvalue weighted by Gasteiger charge is -1.91. The SMILES string of the molecule is NC(=O)NCC=CO. The van der Waals surface area contributed by atoms with Gasteiger partial charge in [0.1, 0.15) is 0 Å². The van der Waals surface area contributed by atoms with Gasteiger partial charge in [-0.25, -0.2) is 4.79 Å². The largest absolute Gasteiger partial charge is 0.516 e. The highest BCUT2D eigenvalue weighted by atomic mass is 16.2. The predicted molar refractivity (Wildman–Crippen MR) is 29.4 cm³/mol. The first-order chi connectivity index (χ1) is 3.77. The Morgan fingerprint density at radius 2 is 2.50 bits per heavy atom. The monoisotopic (exact) mass is 116 g/mol. The summed E-state index contributed by atoms with van der Waals surface area (Å²) < 4.78 is 0. The smallest absolute Gasteiger partial charge is 0.312 e. The van der Waals surface area contributed by atoms with Crippen LogP contribution < -0.4 is 11.1 Å². The third-order valence-corrected chi connectivity index (χ3v) is 0.500. The van der Waals surface area contributed by atoms with E-state index in [4.69, 9.17) is 5.11 Å². The summed E-state index contributed by atoms with van der Waals surface area (Å²) in [6, 6.07) is -0.594. The highest BCUT2D eigenvalue weighted by molar-refractivity contribution is 5.71. The van der Waals surface area contributed by atoms with Crippen molar-refractivity contribution in [1.82, 2.24) is 5.32 Å². The first-order valence-electron chi connectivity index (χ1n) is 2.10. The molecule has 0 aromatic rings. The van der Waals surface area contributed by atoms with Crippen LogP contribution in [-0.4, -0.2) is 17.7 Å². The predicted octanol–water partition coefficient (Wildman–Crippen LogP) is -0.274. The number of urea groups is 1. The van der Waals surface area contributed by atoms with Crippen molar-refractivity contribution < 1.29 is 9.90 Å². The minimum Gasteiger partial charge on any atom is -0.516 e. The van der Waals surface area contributed by atoms with Crippen molar-refractivity contribution in [1.29, 1.82) is 0 Å². The topological polar surface area (TPSA) is 75.4 Å². The molecule has 0 aromatic carbocycles. The van der Waals surface area contributed by atoms with Crippen molar-refractivity contribution in [3.05, 3.63) is 12.3 Å². The molecule has 4 nitrogen and oxygen atoms in total. The molecule has 0 rings (SSSR count). The van der Waals surface area contributed by atoms with Gasteiger partial charge in [-0.1, -0.05) is 0 Å². The molecule has 0 atom stereocenters. The summed E-state index contributed by atoms with van der Waals surface area (Å²) in [5.74, 6) is 0. The Balaban J connectivity index is 3.05. The maximum absolute atomic E-state index is 9.87. The van der Waals surface area contributed by atoms with E-state index in [1.54, 1.807) is 0 Å². The molecule has 0 unspecified atom stereocenters. The third kappa shape index (κ3) is 4.81. The number of carbonyl (C=O) groups is 1. The van der Waals surface area contributed by atoms with Crippen molar-refractivity contribution in [2.75, 3.05) is 6.54 Å². The van der Waals surface area contributed by atoms with E-state index in [0.29, 0.717) is 0 Å². The molecule has 2 amide bonds. The van der Waals surface area contributed by atoms with Crippen LogP contribution in [0.5, 0.6) is 0 Å². The summed E-state index contributed by atoms with van der Waals surface area (Å²) in [6.07, 6.45) is 2.21. The molecule has 0 bridgehead atoms. The number of carbonyl (C=O) groups excluding carboxylic acids is 1. The average molecular weight is 116 g/mol. The van der Waals surface area contributed by atoms with Crippen LogP contribution in [-0.2, 0) is 0 Å². The maximum Gasteiger partial charge on any atom is 0.312 e. The number of primary amides is 1. The van der Waals surface area contributed by atoms with E-state index in [-0.39, 0.29) is 6.54 Å². The van der Waals surface area contributed by atoms with E-state index in [1.807, 2.05) is 0 Å². The molecule has 4 N–H and O–H groups in total. The summed E-state index contributed by atoms with van der Waals surface area (Å²) in [7, 11) is 0. The molecule has 0 spiro atoms. The Kier molecular flexibility index (Phi) is 3.39. The Labute approximate surface area is 47.0 Å². The highest BCUT2D eigenvalue weighted by Crippen LogP contribution is 1.61. The number of aliphatic hydroxyl groups excluding tert-OH is 1. The number of hydrogen-bond acceptors (Lipinski definition) is 2. The zero-order valence-corrected chi connectivity index (χ0v) is 4.29. The standard InChI is InChI=1S/C4H8N2O2/c5-4(8)6-2-1-3-7/h1,3,7H,2H2,(H3,5,6,8). The molecule has 0 radical (unpaired) electrons. The van der Waals surface area contributed by atoms with E-state index >= 15 is 0 Å². The summed E-state index contributed by atoms with van der Waals surface area (Å²) in [5, 5.41) is 10.2. The minimum absolute atomic E-state index is 0.270. The second-order valence-corrected chi connectivity index (χ2v) is 1.13. The molecular formula is C4H8N2O2. The number of amides is 2. The lowest BCUT2D eigenvalue weighted by molar-refractivity contribution is 0.250. The van der Waals surface area contributed by atoms with Crippen LogP contribution in [0.4, 0.5) is 4.79 Å². The summed E-state index contributed by atoms with van der Waals surface area (Å²) >= 11 is 0. The fourth-order valence-corrected chi connectivity index (χ4v) is 0.212. The Morgan fingerprint density at radius 1 is 1.88 bits per heavy atom. The molecule has 0 saturated heterocycles. The summed E-state index contributed by atoms with van der Waals surface area (Å²) in [6.45, 7) is 0.270. The molecule has 0 aliphatic heterocycles. The molecule has 0 heterocycles. The summed E-state index contributed by atoms with van der Waals surface area (Å²) in [5.41, 5.74) is 4.67. The second kappa shape index (κ2) is 3.98. The number of aliphatic hydroxyl groups is 1. The van der Waals surface area contributed by atoms with Gasteiger partial charge < -0.3 is 16.2 Å². The molecule has 0 saturated carbocycles. The fraction of sp³-hybridized carbons (Fsp3) is 0.250. The molecule has 46 valence electrons. The van der Waals surface area contributed by atoms with Gasteiger partial charge >= 0.3 is 6.03 Å². The van der Waals surface area contributed by atoms with E-state index in [9.17, 15) is 4.79 Å². The first kappa shape index (κ1) is 6.81. The molecular weight excluding hydrogens is 108 g/mol. The van der Waals surface area contributed by atoms with Crippen LogP contribution in [0.25, 0.3) is 0 Å².